The molecule has 0 spiro atoms. The SMILES string of the molecule is CC1=[C-]CC=C1.CCc1ccc2c(c1)[cH-]c1cc(CC)ccc12.[Zr+2]=[C](c1ccccc1)c1ccccc1. The fraction of sp³-hybridized carbons (Fsp3) is 0.167. The predicted octanol–water partition coefficient (Wildman–Crippen LogP) is 9.33. The number of fused-ring (bicyclic) bond motifs is 3. The van der Waals surface area contributed by atoms with E-state index in [2.05, 4.69) is 142 Å². The summed E-state index contributed by atoms with van der Waals surface area (Å²) in [5.41, 5.74) is 6.77. The van der Waals surface area contributed by atoms with Gasteiger partial charge in [-0.2, -0.15) is 6.08 Å². The van der Waals surface area contributed by atoms with Crippen LogP contribution in [0.4, 0.5) is 0 Å². The zero-order valence-corrected chi connectivity index (χ0v) is 24.5. The molecule has 6 rings (SSSR count). The van der Waals surface area contributed by atoms with Crippen molar-refractivity contribution in [1.82, 2.24) is 0 Å². The van der Waals surface area contributed by atoms with Gasteiger partial charge in [0.25, 0.3) is 0 Å². The summed E-state index contributed by atoms with van der Waals surface area (Å²) in [6.45, 7) is 6.47. The minimum atomic E-state index is 1.02. The van der Waals surface area contributed by atoms with Gasteiger partial charge in [0.15, 0.2) is 0 Å². The molecule has 0 fully saturated rings. The molecule has 0 unspecified atom stereocenters. The third kappa shape index (κ3) is 7.27. The van der Waals surface area contributed by atoms with E-state index in [0.717, 1.165) is 19.3 Å². The van der Waals surface area contributed by atoms with Gasteiger partial charge in [0.2, 0.25) is 0 Å². The fourth-order valence-electron chi connectivity index (χ4n) is 4.45. The van der Waals surface area contributed by atoms with Gasteiger partial charge in [0, 0.05) is 0 Å². The molecule has 0 aliphatic heterocycles. The maximum absolute atomic E-state index is 3.12. The summed E-state index contributed by atoms with van der Waals surface area (Å²) in [7, 11) is 0. The Bertz CT molecular complexity index is 1410. The molecule has 0 radical (unpaired) electrons. The van der Waals surface area contributed by atoms with Crippen LogP contribution in [0.3, 0.4) is 0 Å². The van der Waals surface area contributed by atoms with E-state index in [1.54, 1.807) is 0 Å². The van der Waals surface area contributed by atoms with Crippen molar-refractivity contribution in [3.8, 4) is 0 Å². The van der Waals surface area contributed by atoms with Gasteiger partial charge in [-0.15, -0.1) is 46.2 Å². The first-order chi connectivity index (χ1) is 18.1. The van der Waals surface area contributed by atoms with Crippen molar-refractivity contribution in [1.29, 1.82) is 0 Å². The number of rotatable bonds is 4. The van der Waals surface area contributed by atoms with E-state index < -0.39 is 0 Å². The molecule has 0 bridgehead atoms. The maximum atomic E-state index is 3.12. The molecule has 0 saturated heterocycles. The Labute approximate surface area is 237 Å². The van der Waals surface area contributed by atoms with Crippen molar-refractivity contribution in [2.24, 2.45) is 0 Å². The van der Waals surface area contributed by atoms with Crippen molar-refractivity contribution in [2.45, 2.75) is 40.0 Å². The second-order valence-corrected chi connectivity index (χ2v) is 10.5. The van der Waals surface area contributed by atoms with Crippen molar-refractivity contribution in [3.05, 3.63) is 149 Å². The zero-order chi connectivity index (χ0) is 26.0. The summed E-state index contributed by atoms with van der Waals surface area (Å²) < 4.78 is 1.42. The van der Waals surface area contributed by atoms with Gasteiger partial charge in [-0.3, -0.25) is 6.08 Å². The molecule has 0 amide bonds. The Balaban J connectivity index is 0.000000144. The van der Waals surface area contributed by atoms with Gasteiger partial charge in [0.05, 0.1) is 0 Å². The van der Waals surface area contributed by atoms with Gasteiger partial charge in [-0.05, 0) is 12.8 Å². The van der Waals surface area contributed by atoms with E-state index in [0.29, 0.717) is 0 Å². The molecular formula is C36H34Zr. The van der Waals surface area contributed by atoms with Gasteiger partial charge in [-0.25, -0.2) is 11.6 Å². The van der Waals surface area contributed by atoms with Crippen LogP contribution < -0.4 is 0 Å². The van der Waals surface area contributed by atoms with Crippen LogP contribution in [0.5, 0.6) is 0 Å². The molecule has 5 aromatic carbocycles. The van der Waals surface area contributed by atoms with E-state index in [1.165, 1.54) is 76.8 Å². The Kier molecular flexibility index (Phi) is 9.87. The van der Waals surface area contributed by atoms with Crippen LogP contribution >= 0.6 is 0 Å². The van der Waals surface area contributed by atoms with Gasteiger partial charge >= 0.3 is 99.2 Å². The monoisotopic (exact) mass is 556 g/mol. The normalized spacial score (nSPS) is 12.0. The molecule has 0 nitrogen and oxygen atoms in total. The molecule has 0 saturated carbocycles. The standard InChI is InChI=1S/C17H17.C13H10.C6H7.Zr/c1-3-12-5-7-16-14(9-12)11-15-10-13(4-2)6-8-17(15)16;1-3-7-12(8-4-1)11-13-9-5-2-6-10-13;1-6-4-2-3-5-6;/h5-11H,3-4H2,1-2H3;1-10H;2,4H,3H2,1H3;/q-1;;-1;+2. The van der Waals surface area contributed by atoms with Crippen LogP contribution in [0, 0.1) is 6.08 Å². The van der Waals surface area contributed by atoms with Crippen LogP contribution in [-0.4, -0.2) is 3.21 Å². The topological polar surface area (TPSA) is 0 Å². The molecule has 5 aromatic rings. The van der Waals surface area contributed by atoms with E-state index >= 15 is 0 Å². The predicted molar refractivity (Wildman–Crippen MR) is 158 cm³/mol. The summed E-state index contributed by atoms with van der Waals surface area (Å²) in [6, 6.07) is 37.1. The second-order valence-electron chi connectivity index (χ2n) is 9.27. The Morgan fingerprint density at radius 2 is 1.22 bits per heavy atom. The number of benzene rings is 4. The third-order valence-electron chi connectivity index (χ3n) is 6.64. The molecule has 0 N–H and O–H groups in total. The van der Waals surface area contributed by atoms with Crippen molar-refractivity contribution < 1.29 is 24.2 Å². The molecule has 37 heavy (non-hydrogen) atoms. The molecule has 0 heterocycles. The van der Waals surface area contributed by atoms with Crippen molar-refractivity contribution >= 4 is 24.8 Å². The molecule has 1 aliphatic carbocycles. The minimum absolute atomic E-state index is 1.02. The second kappa shape index (κ2) is 13.5. The van der Waals surface area contributed by atoms with Crippen LogP contribution in [0.15, 0.2) is 121 Å². The first-order valence-corrected chi connectivity index (χ1v) is 14.4. The van der Waals surface area contributed by atoms with Gasteiger partial charge in [-0.1, -0.05) is 56.2 Å². The summed E-state index contributed by atoms with van der Waals surface area (Å²) in [5, 5.41) is 5.54. The van der Waals surface area contributed by atoms with Crippen LogP contribution in [0.25, 0.3) is 21.5 Å². The van der Waals surface area contributed by atoms with E-state index in [-0.39, 0.29) is 0 Å². The first kappa shape index (κ1) is 27.0. The molecule has 1 heteroatoms. The number of hydrogen-bond donors (Lipinski definition) is 0. The molecular weight excluding hydrogens is 524 g/mol. The van der Waals surface area contributed by atoms with Gasteiger partial charge in [0.1, 0.15) is 0 Å². The molecule has 0 aromatic heterocycles. The number of hydrogen-bond acceptors (Lipinski definition) is 0. The quantitative estimate of drug-likeness (QED) is 0.193. The first-order valence-electron chi connectivity index (χ1n) is 13.1. The van der Waals surface area contributed by atoms with Gasteiger partial charge < -0.3 is 0 Å². The Hall–Kier alpha value is -3.02. The summed E-state index contributed by atoms with van der Waals surface area (Å²) in [5.74, 6) is 0. The average molecular weight is 558 g/mol. The third-order valence-corrected chi connectivity index (χ3v) is 8.06. The van der Waals surface area contributed by atoms with E-state index in [4.69, 9.17) is 0 Å². The van der Waals surface area contributed by atoms with E-state index in [9.17, 15) is 0 Å². The van der Waals surface area contributed by atoms with E-state index in [1.807, 2.05) is 0 Å². The van der Waals surface area contributed by atoms with Crippen LogP contribution in [0.2, 0.25) is 0 Å². The Morgan fingerprint density at radius 1 is 0.730 bits per heavy atom. The number of aryl methyl sites for hydroxylation is 2. The fourth-order valence-corrected chi connectivity index (χ4v) is 5.27. The average Bonchev–Trinajstić information content (AvgIpc) is 3.59. The summed E-state index contributed by atoms with van der Waals surface area (Å²) >= 11 is 1.46. The van der Waals surface area contributed by atoms with Crippen LogP contribution in [-0.2, 0) is 37.1 Å². The molecule has 182 valence electrons. The summed E-state index contributed by atoms with van der Waals surface area (Å²) in [4.78, 5) is 0. The molecule has 1 aliphatic rings. The number of allylic oxidation sites excluding steroid dienone is 4. The van der Waals surface area contributed by atoms with Crippen LogP contribution in [0.1, 0.15) is 49.4 Å². The zero-order valence-electron chi connectivity index (χ0n) is 22.1. The summed E-state index contributed by atoms with van der Waals surface area (Å²) in [6.07, 6.45) is 10.6. The van der Waals surface area contributed by atoms with Crippen molar-refractivity contribution in [2.75, 3.05) is 0 Å². The Morgan fingerprint density at radius 3 is 1.57 bits per heavy atom. The van der Waals surface area contributed by atoms with Crippen molar-refractivity contribution in [3.63, 3.8) is 0 Å². The molecule has 0 atom stereocenters.